The van der Waals surface area contributed by atoms with E-state index in [-0.39, 0.29) is 0 Å². The van der Waals surface area contributed by atoms with Gasteiger partial charge < -0.3 is 9.80 Å². The quantitative estimate of drug-likeness (QED) is 0.485. The number of hydrogen-bond donors (Lipinski definition) is 0. The summed E-state index contributed by atoms with van der Waals surface area (Å²) in [6, 6.07) is 4.25. The van der Waals surface area contributed by atoms with Gasteiger partial charge in [0.25, 0.3) is 0 Å². The van der Waals surface area contributed by atoms with Crippen LogP contribution in [0.4, 0.5) is 5.00 Å². The Morgan fingerprint density at radius 1 is 1.11 bits per heavy atom. The van der Waals surface area contributed by atoms with E-state index in [0.29, 0.717) is 5.41 Å². The summed E-state index contributed by atoms with van der Waals surface area (Å²) in [6.07, 6.45) is 3.95. The Balaban J connectivity index is 1.30. The third-order valence-electron chi connectivity index (χ3n) is 5.65. The van der Waals surface area contributed by atoms with Gasteiger partial charge in [0, 0.05) is 48.3 Å². The molecule has 0 bridgehead atoms. The number of nitrogens with zero attached hydrogens (tertiary/aromatic N) is 8. The van der Waals surface area contributed by atoms with Crippen LogP contribution in [0.2, 0.25) is 0 Å². The predicted octanol–water partition coefficient (Wildman–Crippen LogP) is 1.01. The van der Waals surface area contributed by atoms with Gasteiger partial charge in [0.2, 0.25) is 6.33 Å². The van der Waals surface area contributed by atoms with E-state index in [0.717, 1.165) is 22.5 Å². The van der Waals surface area contributed by atoms with Gasteiger partial charge >= 0.3 is 5.65 Å². The lowest BCUT2D eigenvalue weighted by molar-refractivity contribution is -0.581. The van der Waals surface area contributed by atoms with Crippen molar-refractivity contribution >= 4 is 32.2 Å². The van der Waals surface area contributed by atoms with Crippen molar-refractivity contribution in [2.24, 2.45) is 12.5 Å². The molecule has 6 heterocycles. The lowest BCUT2D eigenvalue weighted by atomic mass is 9.73. The molecule has 0 unspecified atom stereocenters. The minimum atomic E-state index is 0.549. The third kappa shape index (κ3) is 2.24. The Morgan fingerprint density at radius 3 is 2.67 bits per heavy atom. The smallest absolute Gasteiger partial charge is 0.328 e. The largest absolute Gasteiger partial charge is 0.362 e. The maximum absolute atomic E-state index is 4.77. The van der Waals surface area contributed by atoms with Gasteiger partial charge in [-0.3, -0.25) is 0 Å². The number of hydrogen-bond acceptors (Lipinski definition) is 6. The van der Waals surface area contributed by atoms with E-state index >= 15 is 0 Å². The van der Waals surface area contributed by atoms with E-state index < -0.39 is 0 Å². The number of thiophene rings is 1. The molecule has 138 valence electrons. The van der Waals surface area contributed by atoms with Crippen molar-refractivity contribution in [3.8, 4) is 5.82 Å². The molecule has 0 amide bonds. The Labute approximate surface area is 160 Å². The molecule has 0 atom stereocenters. The van der Waals surface area contributed by atoms with Gasteiger partial charge in [-0.1, -0.05) is 5.10 Å². The average molecular weight is 381 g/mol. The molecule has 2 aliphatic heterocycles. The fraction of sp³-hybridized carbons (Fsp3) is 0.444. The topological polar surface area (TPSA) is 59.1 Å². The van der Waals surface area contributed by atoms with Crippen molar-refractivity contribution in [2.75, 3.05) is 38.1 Å². The highest BCUT2D eigenvalue weighted by atomic mass is 32.1. The van der Waals surface area contributed by atoms with Crippen LogP contribution in [0.25, 0.3) is 21.7 Å². The van der Waals surface area contributed by atoms with Gasteiger partial charge in [-0.2, -0.15) is 5.10 Å². The first kappa shape index (κ1) is 15.5. The summed E-state index contributed by atoms with van der Waals surface area (Å²) >= 11 is 1.82. The molecule has 0 aliphatic carbocycles. The van der Waals surface area contributed by atoms with Crippen LogP contribution in [-0.4, -0.2) is 62.8 Å². The highest BCUT2D eigenvalue weighted by Gasteiger charge is 2.50. The lowest BCUT2D eigenvalue weighted by Crippen LogP contribution is -2.71. The summed E-state index contributed by atoms with van der Waals surface area (Å²) in [6.45, 7) is 6.87. The standard InChI is InChI=1S/C18H21N8S/c1-12-4-15(20-26-11-23(3)21-17(12)26)25-6-14-13(19-25)5-16(27-14)24-9-18(10-24)7-22(2)8-18/h4-6,11H,7-10H2,1-3H3/q+1. The van der Waals surface area contributed by atoms with Crippen molar-refractivity contribution in [3.05, 3.63) is 30.2 Å². The maximum Gasteiger partial charge on any atom is 0.328 e. The second kappa shape index (κ2) is 5.05. The number of aromatic nitrogens is 6. The molecule has 9 heteroatoms. The lowest BCUT2D eigenvalue weighted by Gasteiger charge is -2.60. The first-order valence-electron chi connectivity index (χ1n) is 9.14. The van der Waals surface area contributed by atoms with Crippen molar-refractivity contribution < 1.29 is 4.52 Å². The number of aryl methyl sites for hydroxylation is 2. The minimum Gasteiger partial charge on any atom is -0.362 e. The zero-order chi connectivity index (χ0) is 18.3. The summed E-state index contributed by atoms with van der Waals surface area (Å²) in [5.74, 6) is 0.809. The van der Waals surface area contributed by atoms with E-state index in [1.165, 1.54) is 35.9 Å². The summed E-state index contributed by atoms with van der Waals surface area (Å²) in [4.78, 5) is 4.89. The van der Waals surface area contributed by atoms with E-state index in [9.17, 15) is 0 Å². The highest BCUT2D eigenvalue weighted by molar-refractivity contribution is 7.22. The van der Waals surface area contributed by atoms with Crippen LogP contribution >= 0.6 is 11.3 Å². The fourth-order valence-electron chi connectivity index (χ4n) is 4.58. The molecule has 0 radical (unpaired) electrons. The zero-order valence-electron chi connectivity index (χ0n) is 15.6. The first-order chi connectivity index (χ1) is 13.0. The molecule has 6 rings (SSSR count). The van der Waals surface area contributed by atoms with Crippen molar-refractivity contribution in [3.63, 3.8) is 0 Å². The molecular weight excluding hydrogens is 360 g/mol. The van der Waals surface area contributed by atoms with E-state index in [1.807, 2.05) is 35.5 Å². The van der Waals surface area contributed by atoms with Crippen molar-refractivity contribution in [1.82, 2.24) is 29.6 Å². The molecule has 0 N–H and O–H groups in total. The normalized spacial score (nSPS) is 19.1. The molecule has 27 heavy (non-hydrogen) atoms. The van der Waals surface area contributed by atoms with E-state index in [2.05, 4.69) is 46.2 Å². The summed E-state index contributed by atoms with van der Waals surface area (Å²) in [5, 5.41) is 15.2. The van der Waals surface area contributed by atoms with Crippen molar-refractivity contribution in [2.45, 2.75) is 6.92 Å². The van der Waals surface area contributed by atoms with E-state index in [1.54, 1.807) is 9.20 Å². The number of fused-ring (bicyclic) bond motifs is 2. The molecule has 4 aromatic heterocycles. The molecule has 2 fully saturated rings. The number of likely N-dealkylation sites (tertiary alicyclic amines) is 1. The number of anilines is 1. The number of rotatable bonds is 2. The SMILES string of the molecule is Cc1cc(-n2cc3sc(N4CC5(CN(C)C5)C4)cc3n2)n[n+]2cn(C)nc12. The predicted molar refractivity (Wildman–Crippen MR) is 104 cm³/mol. The van der Waals surface area contributed by atoms with Gasteiger partial charge in [0.1, 0.15) is 5.52 Å². The molecule has 8 nitrogen and oxygen atoms in total. The van der Waals surface area contributed by atoms with Crippen LogP contribution in [0.3, 0.4) is 0 Å². The van der Waals surface area contributed by atoms with Gasteiger partial charge in [-0.25, -0.2) is 4.68 Å². The molecule has 2 aliphatic rings. The van der Waals surface area contributed by atoms with Crippen molar-refractivity contribution in [1.29, 1.82) is 0 Å². The van der Waals surface area contributed by atoms with Gasteiger partial charge in [-0.05, 0) is 20.0 Å². The molecular formula is C18H21N8S+. The van der Waals surface area contributed by atoms with Gasteiger partial charge in [0.15, 0.2) is 5.82 Å². The van der Waals surface area contributed by atoms with E-state index in [4.69, 9.17) is 5.10 Å². The zero-order valence-corrected chi connectivity index (χ0v) is 16.4. The first-order valence-corrected chi connectivity index (χ1v) is 9.96. The summed E-state index contributed by atoms with van der Waals surface area (Å²) in [5.41, 5.74) is 3.54. The molecule has 0 saturated carbocycles. The molecule has 1 spiro atoms. The average Bonchev–Trinajstić information content (AvgIpc) is 3.21. The third-order valence-corrected chi connectivity index (χ3v) is 6.77. The summed E-state index contributed by atoms with van der Waals surface area (Å²) in [7, 11) is 4.10. The van der Waals surface area contributed by atoms with Crippen LogP contribution in [0.1, 0.15) is 5.56 Å². The Bertz CT molecular complexity index is 1160. The fourth-order valence-corrected chi connectivity index (χ4v) is 5.59. The van der Waals surface area contributed by atoms with Crippen LogP contribution in [0.15, 0.2) is 24.7 Å². The van der Waals surface area contributed by atoms with Crippen LogP contribution < -0.4 is 9.42 Å². The molecule has 0 aromatic carbocycles. The summed E-state index contributed by atoms with van der Waals surface area (Å²) < 4.78 is 6.65. The Hall–Kier alpha value is -2.52. The van der Waals surface area contributed by atoms with Crippen LogP contribution in [0, 0.1) is 12.3 Å². The monoisotopic (exact) mass is 381 g/mol. The van der Waals surface area contributed by atoms with Crippen LogP contribution in [-0.2, 0) is 7.05 Å². The molecule has 4 aromatic rings. The second-order valence-corrected chi connectivity index (χ2v) is 9.24. The Kier molecular flexibility index (Phi) is 2.90. The van der Waals surface area contributed by atoms with Gasteiger partial charge in [-0.15, -0.1) is 20.5 Å². The van der Waals surface area contributed by atoms with Crippen LogP contribution in [0.5, 0.6) is 0 Å². The maximum atomic E-state index is 4.77. The minimum absolute atomic E-state index is 0.549. The second-order valence-electron chi connectivity index (χ2n) is 8.18. The highest BCUT2D eigenvalue weighted by Crippen LogP contribution is 2.44. The Morgan fingerprint density at radius 2 is 1.93 bits per heavy atom. The molecule has 2 saturated heterocycles. The van der Waals surface area contributed by atoms with Gasteiger partial charge in [0.05, 0.1) is 22.9 Å².